The topological polar surface area (TPSA) is 120 Å². The summed E-state index contributed by atoms with van der Waals surface area (Å²) < 4.78 is 0. The number of nitro groups is 1. The number of pyridine rings is 1. The van der Waals surface area contributed by atoms with Gasteiger partial charge in [0.25, 0.3) is 0 Å². The van der Waals surface area contributed by atoms with Gasteiger partial charge in [0.15, 0.2) is 0 Å². The number of nitriles is 1. The highest BCUT2D eigenvalue weighted by molar-refractivity contribution is 5.76. The lowest BCUT2D eigenvalue weighted by atomic mass is 10.0. The van der Waals surface area contributed by atoms with Crippen molar-refractivity contribution in [3.8, 4) is 6.07 Å². The first-order chi connectivity index (χ1) is 9.18. The molecule has 0 saturated carbocycles. The minimum absolute atomic E-state index is 0.121. The Bertz CT molecular complexity index is 586. The summed E-state index contributed by atoms with van der Waals surface area (Å²) in [6.45, 7) is 4.67. The fourth-order valence-corrected chi connectivity index (χ4v) is 1.68. The van der Waals surface area contributed by atoms with Crippen LogP contribution < -0.4 is 4.90 Å². The summed E-state index contributed by atoms with van der Waals surface area (Å²) in [4.78, 5) is 26.6. The van der Waals surface area contributed by atoms with E-state index in [0.29, 0.717) is 0 Å². The molecular weight excluding hydrogens is 264 g/mol. The van der Waals surface area contributed by atoms with Crippen LogP contribution in [0.2, 0.25) is 0 Å². The highest BCUT2D eigenvalue weighted by atomic mass is 16.6. The van der Waals surface area contributed by atoms with E-state index >= 15 is 0 Å². The average molecular weight is 278 g/mol. The number of hydrogen-bond acceptors (Lipinski definition) is 6. The zero-order chi connectivity index (χ0) is 15.5. The summed E-state index contributed by atoms with van der Waals surface area (Å²) in [5, 5.41) is 29.1. The molecule has 0 aliphatic rings. The van der Waals surface area contributed by atoms with Crippen molar-refractivity contribution in [3.63, 3.8) is 0 Å². The van der Waals surface area contributed by atoms with E-state index in [1.807, 2.05) is 0 Å². The van der Waals surface area contributed by atoms with E-state index in [1.54, 1.807) is 26.8 Å². The number of nitrogens with zero attached hydrogens (tertiary/aromatic N) is 4. The summed E-state index contributed by atoms with van der Waals surface area (Å²) in [5.74, 6) is -1.26. The molecule has 1 heterocycles. The smallest absolute Gasteiger partial charge is 0.329 e. The number of carbonyl (C=O) groups is 1. The number of rotatable bonds is 4. The predicted molar refractivity (Wildman–Crippen MR) is 70.3 cm³/mol. The monoisotopic (exact) mass is 278 g/mol. The molecule has 106 valence electrons. The van der Waals surface area contributed by atoms with Crippen LogP contribution in [0, 0.1) is 21.4 Å². The van der Waals surface area contributed by atoms with Crippen LogP contribution in [-0.2, 0) is 4.79 Å². The second-order valence-corrected chi connectivity index (χ2v) is 5.05. The highest BCUT2D eigenvalue weighted by Crippen LogP contribution is 2.32. The molecule has 0 aromatic carbocycles. The largest absolute Gasteiger partial charge is 0.480 e. The minimum atomic E-state index is -1.14. The van der Waals surface area contributed by atoms with Gasteiger partial charge in [-0.3, -0.25) is 14.9 Å². The molecule has 8 heteroatoms. The van der Waals surface area contributed by atoms with Crippen LogP contribution in [0.5, 0.6) is 0 Å². The lowest BCUT2D eigenvalue weighted by molar-refractivity contribution is -0.384. The van der Waals surface area contributed by atoms with Crippen molar-refractivity contribution in [1.82, 2.24) is 4.98 Å². The van der Waals surface area contributed by atoms with Gasteiger partial charge in [-0.15, -0.1) is 0 Å². The number of hydrogen-bond donors (Lipinski definition) is 1. The summed E-state index contributed by atoms with van der Waals surface area (Å²) in [6.07, 6.45) is 1.25. The second kappa shape index (κ2) is 5.52. The number of carboxylic acid groups (broad SMARTS) is 1. The van der Waals surface area contributed by atoms with E-state index < -0.39 is 28.7 Å². The second-order valence-electron chi connectivity index (χ2n) is 5.05. The molecule has 1 aromatic rings. The van der Waals surface area contributed by atoms with E-state index in [-0.39, 0.29) is 11.4 Å². The van der Waals surface area contributed by atoms with E-state index in [2.05, 4.69) is 4.98 Å². The van der Waals surface area contributed by atoms with Crippen LogP contribution in [0.1, 0.15) is 26.3 Å². The number of aliphatic carboxylic acids is 1. The lowest BCUT2D eigenvalue weighted by Crippen LogP contribution is -2.45. The van der Waals surface area contributed by atoms with Gasteiger partial charge in [0.05, 0.1) is 4.92 Å². The zero-order valence-electron chi connectivity index (χ0n) is 11.3. The third-order valence-corrected chi connectivity index (χ3v) is 2.57. The number of carboxylic acids is 1. The molecule has 0 fully saturated rings. The first-order valence-corrected chi connectivity index (χ1v) is 5.71. The van der Waals surface area contributed by atoms with Crippen molar-refractivity contribution >= 4 is 17.5 Å². The molecule has 0 amide bonds. The molecule has 0 aliphatic carbocycles. The van der Waals surface area contributed by atoms with Crippen molar-refractivity contribution in [2.75, 3.05) is 11.4 Å². The minimum Gasteiger partial charge on any atom is -0.480 e. The fraction of sp³-hybridized carbons (Fsp3) is 0.417. The van der Waals surface area contributed by atoms with Gasteiger partial charge >= 0.3 is 11.7 Å². The number of aromatic nitrogens is 1. The Morgan fingerprint density at radius 2 is 2.20 bits per heavy atom. The van der Waals surface area contributed by atoms with Crippen LogP contribution in [0.15, 0.2) is 12.3 Å². The van der Waals surface area contributed by atoms with Crippen LogP contribution in [0.25, 0.3) is 0 Å². The van der Waals surface area contributed by atoms with Crippen molar-refractivity contribution in [1.29, 1.82) is 5.26 Å². The molecular formula is C12H14N4O4. The quantitative estimate of drug-likeness (QED) is 0.655. The average Bonchev–Trinajstić information content (AvgIpc) is 2.33. The molecule has 1 rings (SSSR count). The molecule has 0 atom stereocenters. The summed E-state index contributed by atoms with van der Waals surface area (Å²) in [7, 11) is 0. The van der Waals surface area contributed by atoms with Crippen LogP contribution in [-0.4, -0.2) is 33.1 Å². The van der Waals surface area contributed by atoms with E-state index in [4.69, 9.17) is 10.4 Å². The Balaban J connectivity index is 3.52. The standard InChI is InChI=1S/C12H14N4O4/c1-12(2,3)15(7-9(17)18)11-10(16(19)20)8(6-13)4-5-14-11/h4-5H,7H2,1-3H3,(H,17,18). The first kappa shape index (κ1) is 15.4. The summed E-state index contributed by atoms with van der Waals surface area (Å²) in [5.41, 5.74) is -1.34. The first-order valence-electron chi connectivity index (χ1n) is 5.71. The highest BCUT2D eigenvalue weighted by Gasteiger charge is 2.33. The lowest BCUT2D eigenvalue weighted by Gasteiger charge is -2.34. The molecule has 0 aliphatic heterocycles. The van der Waals surface area contributed by atoms with Crippen molar-refractivity contribution < 1.29 is 14.8 Å². The maximum Gasteiger partial charge on any atom is 0.329 e. The van der Waals surface area contributed by atoms with Gasteiger partial charge in [-0.1, -0.05) is 0 Å². The van der Waals surface area contributed by atoms with Gasteiger partial charge in [0, 0.05) is 11.7 Å². The fourth-order valence-electron chi connectivity index (χ4n) is 1.68. The molecule has 0 bridgehead atoms. The Labute approximate surface area is 115 Å². The summed E-state index contributed by atoms with van der Waals surface area (Å²) in [6, 6.07) is 2.95. The van der Waals surface area contributed by atoms with Crippen LogP contribution in [0.4, 0.5) is 11.5 Å². The Hall–Kier alpha value is -2.69. The molecule has 8 nitrogen and oxygen atoms in total. The van der Waals surface area contributed by atoms with Crippen LogP contribution >= 0.6 is 0 Å². The normalized spacial score (nSPS) is 10.7. The van der Waals surface area contributed by atoms with E-state index in [9.17, 15) is 14.9 Å². The predicted octanol–water partition coefficient (Wildman–Crippen LogP) is 1.55. The maximum absolute atomic E-state index is 11.2. The third kappa shape index (κ3) is 3.20. The van der Waals surface area contributed by atoms with Crippen molar-refractivity contribution in [3.05, 3.63) is 27.9 Å². The van der Waals surface area contributed by atoms with Crippen molar-refractivity contribution in [2.45, 2.75) is 26.3 Å². The molecule has 0 radical (unpaired) electrons. The van der Waals surface area contributed by atoms with Gasteiger partial charge in [-0.25, -0.2) is 4.98 Å². The van der Waals surface area contributed by atoms with E-state index in [0.717, 1.165) is 0 Å². The summed E-state index contributed by atoms with van der Waals surface area (Å²) >= 11 is 0. The number of anilines is 1. The SMILES string of the molecule is CC(C)(C)N(CC(=O)O)c1nccc(C#N)c1[N+](=O)[O-]. The Morgan fingerprint density at radius 3 is 2.60 bits per heavy atom. The van der Waals surface area contributed by atoms with Crippen LogP contribution in [0.3, 0.4) is 0 Å². The molecule has 0 spiro atoms. The van der Waals surface area contributed by atoms with E-state index in [1.165, 1.54) is 17.2 Å². The molecule has 0 saturated heterocycles. The zero-order valence-corrected chi connectivity index (χ0v) is 11.3. The maximum atomic E-state index is 11.2. The Morgan fingerprint density at radius 1 is 1.60 bits per heavy atom. The molecule has 1 N–H and O–H groups in total. The van der Waals surface area contributed by atoms with Crippen molar-refractivity contribution in [2.24, 2.45) is 0 Å². The molecule has 1 aromatic heterocycles. The molecule has 0 unspecified atom stereocenters. The van der Waals surface area contributed by atoms with Gasteiger partial charge in [-0.05, 0) is 26.8 Å². The van der Waals surface area contributed by atoms with Gasteiger partial charge in [-0.2, -0.15) is 5.26 Å². The van der Waals surface area contributed by atoms with Gasteiger partial charge in [0.1, 0.15) is 18.2 Å². The molecule has 20 heavy (non-hydrogen) atoms. The Kier molecular flexibility index (Phi) is 4.24. The van der Waals surface area contributed by atoms with Gasteiger partial charge in [0.2, 0.25) is 5.82 Å². The van der Waals surface area contributed by atoms with Gasteiger partial charge < -0.3 is 10.0 Å². The third-order valence-electron chi connectivity index (χ3n) is 2.57.